The van der Waals surface area contributed by atoms with Gasteiger partial charge in [0.25, 0.3) is 0 Å². The van der Waals surface area contributed by atoms with Gasteiger partial charge in [0.2, 0.25) is 0 Å². The summed E-state index contributed by atoms with van der Waals surface area (Å²) in [6, 6.07) is 4.78. The molecule has 1 aromatic carbocycles. The molecule has 0 saturated heterocycles. The van der Waals surface area contributed by atoms with E-state index < -0.39 is 11.7 Å². The third-order valence-electron chi connectivity index (χ3n) is 4.26. The maximum absolute atomic E-state index is 13.6. The van der Waals surface area contributed by atoms with Crippen LogP contribution in [0.15, 0.2) is 18.2 Å². The molecular weight excluding hydrogens is 255 g/mol. The van der Waals surface area contributed by atoms with E-state index in [4.69, 9.17) is 4.74 Å². The normalized spacial score (nSPS) is 20.4. The lowest BCUT2D eigenvalue weighted by atomic mass is 9.84. The van der Waals surface area contributed by atoms with Crippen LogP contribution in [0.1, 0.15) is 62.7 Å². The van der Waals surface area contributed by atoms with E-state index in [-0.39, 0.29) is 5.82 Å². The van der Waals surface area contributed by atoms with Crippen LogP contribution in [0, 0.1) is 12.7 Å². The average molecular weight is 280 g/mol. The van der Waals surface area contributed by atoms with Crippen molar-refractivity contribution in [3.8, 4) is 0 Å². The lowest BCUT2D eigenvalue weighted by Gasteiger charge is -2.37. The van der Waals surface area contributed by atoms with Crippen LogP contribution in [0.2, 0.25) is 0 Å². The summed E-state index contributed by atoms with van der Waals surface area (Å²) in [5.41, 5.74) is 0.919. The highest BCUT2D eigenvalue weighted by atomic mass is 19.1. The van der Waals surface area contributed by atoms with E-state index in [9.17, 15) is 9.50 Å². The molecule has 1 fully saturated rings. The number of hydrogen-bond acceptors (Lipinski definition) is 2. The molecule has 0 bridgehead atoms. The molecule has 0 amide bonds. The Labute approximate surface area is 121 Å². The molecular formula is C17H25FO2. The second-order valence-corrected chi connectivity index (χ2v) is 5.88. The molecule has 2 rings (SSSR count). The van der Waals surface area contributed by atoms with Crippen molar-refractivity contribution in [2.75, 3.05) is 6.61 Å². The Morgan fingerprint density at radius 2 is 1.85 bits per heavy atom. The molecule has 0 spiro atoms. The minimum atomic E-state index is -0.755. The second kappa shape index (κ2) is 6.68. The van der Waals surface area contributed by atoms with E-state index in [1.54, 1.807) is 0 Å². The molecule has 1 unspecified atom stereocenters. The lowest BCUT2D eigenvalue weighted by Crippen LogP contribution is -2.39. The first-order valence-corrected chi connectivity index (χ1v) is 7.66. The number of aliphatic hydroxyl groups is 1. The third kappa shape index (κ3) is 3.39. The second-order valence-electron chi connectivity index (χ2n) is 5.88. The van der Waals surface area contributed by atoms with E-state index >= 15 is 0 Å². The summed E-state index contributed by atoms with van der Waals surface area (Å²) in [7, 11) is 0. The van der Waals surface area contributed by atoms with Crippen molar-refractivity contribution in [3.63, 3.8) is 0 Å². The molecule has 1 aliphatic rings. The van der Waals surface area contributed by atoms with Crippen molar-refractivity contribution in [2.24, 2.45) is 0 Å². The number of halogens is 1. The molecule has 112 valence electrons. The van der Waals surface area contributed by atoms with Gasteiger partial charge in [0.1, 0.15) is 11.9 Å². The summed E-state index contributed by atoms with van der Waals surface area (Å²) in [6.07, 6.45) is 5.43. The Morgan fingerprint density at radius 3 is 2.40 bits per heavy atom. The van der Waals surface area contributed by atoms with Crippen molar-refractivity contribution >= 4 is 0 Å². The predicted octanol–water partition coefficient (Wildman–Crippen LogP) is 4.30. The fraction of sp³-hybridized carbons (Fsp3) is 0.647. The van der Waals surface area contributed by atoms with Crippen molar-refractivity contribution in [1.29, 1.82) is 0 Å². The van der Waals surface area contributed by atoms with Crippen LogP contribution < -0.4 is 0 Å². The van der Waals surface area contributed by atoms with Gasteiger partial charge in [-0.15, -0.1) is 0 Å². The highest BCUT2D eigenvalue weighted by Crippen LogP contribution is 2.40. The largest absolute Gasteiger partial charge is 0.385 e. The van der Waals surface area contributed by atoms with Gasteiger partial charge in [-0.2, -0.15) is 0 Å². The zero-order chi connectivity index (χ0) is 14.6. The Bertz CT molecular complexity index is 416. The predicted molar refractivity (Wildman–Crippen MR) is 78.2 cm³/mol. The van der Waals surface area contributed by atoms with Gasteiger partial charge >= 0.3 is 0 Å². The lowest BCUT2D eigenvalue weighted by molar-refractivity contribution is -0.131. The molecule has 20 heavy (non-hydrogen) atoms. The minimum Gasteiger partial charge on any atom is -0.385 e. The summed E-state index contributed by atoms with van der Waals surface area (Å²) >= 11 is 0. The molecule has 0 heterocycles. The SMILES string of the molecule is CCOC1(C(O)c2cc(C)cc(F)c2)CCCCCC1. The van der Waals surface area contributed by atoms with Crippen LogP contribution in [-0.4, -0.2) is 17.3 Å². The van der Waals surface area contributed by atoms with Crippen LogP contribution in [-0.2, 0) is 4.74 Å². The summed E-state index contributed by atoms with van der Waals surface area (Å²) in [5, 5.41) is 10.8. The van der Waals surface area contributed by atoms with Crippen LogP contribution in [0.3, 0.4) is 0 Å². The molecule has 0 radical (unpaired) electrons. The van der Waals surface area contributed by atoms with E-state index in [1.807, 2.05) is 19.9 Å². The minimum absolute atomic E-state index is 0.292. The molecule has 0 aromatic heterocycles. The number of hydrogen-bond donors (Lipinski definition) is 1. The summed E-state index contributed by atoms with van der Waals surface area (Å²) in [5.74, 6) is -0.292. The molecule has 2 nitrogen and oxygen atoms in total. The third-order valence-corrected chi connectivity index (χ3v) is 4.26. The Morgan fingerprint density at radius 1 is 1.20 bits per heavy atom. The van der Waals surface area contributed by atoms with Crippen LogP contribution >= 0.6 is 0 Å². The zero-order valence-electron chi connectivity index (χ0n) is 12.5. The first kappa shape index (κ1) is 15.5. The molecule has 1 atom stereocenters. The quantitative estimate of drug-likeness (QED) is 0.833. The molecule has 1 saturated carbocycles. The number of rotatable bonds is 4. The Kier molecular flexibility index (Phi) is 5.17. The monoisotopic (exact) mass is 280 g/mol. The number of aryl methyl sites for hydroxylation is 1. The van der Waals surface area contributed by atoms with Crippen molar-refractivity contribution in [2.45, 2.75) is 64.1 Å². The molecule has 1 N–H and O–H groups in total. The number of ether oxygens (including phenoxy) is 1. The summed E-state index contributed by atoms with van der Waals surface area (Å²) < 4.78 is 19.6. The van der Waals surface area contributed by atoms with Gasteiger partial charge in [-0.05, 0) is 49.9 Å². The highest BCUT2D eigenvalue weighted by molar-refractivity contribution is 5.27. The van der Waals surface area contributed by atoms with Crippen LogP contribution in [0.5, 0.6) is 0 Å². The molecule has 3 heteroatoms. The van der Waals surface area contributed by atoms with Gasteiger partial charge < -0.3 is 9.84 Å². The van der Waals surface area contributed by atoms with E-state index in [0.717, 1.165) is 31.2 Å². The number of benzene rings is 1. The van der Waals surface area contributed by atoms with Crippen LogP contribution in [0.25, 0.3) is 0 Å². The maximum atomic E-state index is 13.6. The fourth-order valence-corrected chi connectivity index (χ4v) is 3.34. The van der Waals surface area contributed by atoms with Gasteiger partial charge in [0.15, 0.2) is 0 Å². The van der Waals surface area contributed by atoms with Gasteiger partial charge in [0.05, 0.1) is 5.60 Å². The van der Waals surface area contributed by atoms with Crippen molar-refractivity contribution < 1.29 is 14.2 Å². The van der Waals surface area contributed by atoms with E-state index in [2.05, 4.69) is 0 Å². The maximum Gasteiger partial charge on any atom is 0.123 e. The fourth-order valence-electron chi connectivity index (χ4n) is 3.34. The Hall–Kier alpha value is -0.930. The zero-order valence-corrected chi connectivity index (χ0v) is 12.5. The van der Waals surface area contributed by atoms with Gasteiger partial charge in [-0.1, -0.05) is 31.7 Å². The van der Waals surface area contributed by atoms with Gasteiger partial charge in [0, 0.05) is 6.61 Å². The standard InChI is InChI=1S/C17H25FO2/c1-3-20-17(8-6-4-5-7-9-17)16(19)14-10-13(2)11-15(18)12-14/h10-12,16,19H,3-9H2,1-2H3. The van der Waals surface area contributed by atoms with E-state index in [1.165, 1.54) is 25.0 Å². The molecule has 0 aliphatic heterocycles. The first-order valence-electron chi connectivity index (χ1n) is 7.66. The van der Waals surface area contributed by atoms with Crippen molar-refractivity contribution in [3.05, 3.63) is 35.1 Å². The molecule has 1 aromatic rings. The highest BCUT2D eigenvalue weighted by Gasteiger charge is 2.39. The van der Waals surface area contributed by atoms with Gasteiger partial charge in [-0.25, -0.2) is 4.39 Å². The smallest absolute Gasteiger partial charge is 0.123 e. The first-order chi connectivity index (χ1) is 9.57. The topological polar surface area (TPSA) is 29.5 Å². The summed E-state index contributed by atoms with van der Waals surface area (Å²) in [4.78, 5) is 0. The molecule has 1 aliphatic carbocycles. The van der Waals surface area contributed by atoms with E-state index in [0.29, 0.717) is 12.2 Å². The van der Waals surface area contributed by atoms with Crippen LogP contribution in [0.4, 0.5) is 4.39 Å². The average Bonchev–Trinajstić information content (AvgIpc) is 2.64. The summed E-state index contributed by atoms with van der Waals surface area (Å²) in [6.45, 7) is 4.38. The number of aliphatic hydroxyl groups excluding tert-OH is 1. The Balaban J connectivity index is 2.31. The van der Waals surface area contributed by atoms with Crippen molar-refractivity contribution in [1.82, 2.24) is 0 Å². The van der Waals surface area contributed by atoms with Gasteiger partial charge in [-0.3, -0.25) is 0 Å².